The number of benzene rings is 12. The van der Waals surface area contributed by atoms with E-state index in [9.17, 15) is 32.9 Å². The maximum Gasteiger partial charge on any atom is 0.238 e. The van der Waals surface area contributed by atoms with Crippen LogP contribution in [-0.2, 0) is 0 Å². The fraction of sp³-hybridized carbons (Fsp3) is 0. The molecule has 17 aromatic rings. The van der Waals surface area contributed by atoms with Gasteiger partial charge in [0.25, 0.3) is 0 Å². The molecule has 0 atom stereocenters. The lowest BCUT2D eigenvalue weighted by Crippen LogP contribution is -2.74. The zero-order valence-corrected chi connectivity index (χ0v) is 43.1. The van der Waals surface area contributed by atoms with Gasteiger partial charge in [-0.15, -0.1) is 0 Å². The van der Waals surface area contributed by atoms with E-state index in [-0.39, 0.29) is 43.1 Å². The molecule has 0 saturated carbocycles. The molecule has 0 spiro atoms. The lowest BCUT2D eigenvalue weighted by Gasteiger charge is -2.35. The molecule has 5 heterocycles. The van der Waals surface area contributed by atoms with Crippen LogP contribution < -0.4 is 20.7 Å². The van der Waals surface area contributed by atoms with Crippen molar-refractivity contribution in [1.29, 1.82) is 0 Å². The van der Waals surface area contributed by atoms with Crippen molar-refractivity contribution in [1.82, 2.24) is 24.1 Å². The van der Waals surface area contributed by atoms with Gasteiger partial charge in [-0.05, 0) is 80.7 Å². The highest BCUT2D eigenvalue weighted by Gasteiger charge is 2.42. The normalized spacial score (nSPS) is 17.7. The maximum absolute atomic E-state index is 11.1. The fourth-order valence-corrected chi connectivity index (χ4v) is 15.3. The zero-order chi connectivity index (χ0) is 83.3. The van der Waals surface area contributed by atoms with Gasteiger partial charge in [-0.2, -0.15) is 9.97 Å². The summed E-state index contributed by atoms with van der Waals surface area (Å²) in [5.41, 5.74) is -7.96. The topological polar surface area (TPSA) is 74.8 Å². The van der Waals surface area contributed by atoms with Gasteiger partial charge >= 0.3 is 0 Å². The Morgan fingerprint density at radius 3 is 1.65 bits per heavy atom. The molecule has 0 aliphatic rings. The lowest BCUT2D eigenvalue weighted by molar-refractivity contribution is 0.669. The number of aromatic nitrogens is 5. The smallest absolute Gasteiger partial charge is 0.238 e. The Kier molecular flexibility index (Phi) is 5.56. The maximum atomic E-state index is 11.1. The van der Waals surface area contributed by atoms with Crippen LogP contribution >= 0.6 is 0 Å². The highest BCUT2D eigenvalue weighted by atomic mass is 28.3. The first-order valence-electron chi connectivity index (χ1n) is 41.9. The Morgan fingerprint density at radius 2 is 0.904 bits per heavy atom. The zero-order valence-electron chi connectivity index (χ0n) is 75.1. The average Bonchev–Trinajstić information content (AvgIpc) is 1.51. The summed E-state index contributed by atoms with van der Waals surface area (Å²) in [7, 11) is -5.44. The molecule has 0 saturated heterocycles. The molecule has 0 unspecified atom stereocenters. The summed E-state index contributed by atoms with van der Waals surface area (Å²) in [4.78, 5) is 14.7. The molecule has 0 N–H and O–H groups in total. The van der Waals surface area contributed by atoms with Gasteiger partial charge in [-0.1, -0.05) is 230 Å². The minimum Gasteiger partial charge on any atom is -0.456 e. The molecule has 0 amide bonds. The van der Waals surface area contributed by atoms with E-state index in [1.54, 1.807) is 30.3 Å². The minimum atomic E-state index is -5.44. The predicted octanol–water partition coefficient (Wildman–Crippen LogP) is 16.2. The van der Waals surface area contributed by atoms with Crippen molar-refractivity contribution in [3.8, 4) is 45.5 Å². The number of fused-ring (bicyclic) bond motifs is 13. The van der Waals surface area contributed by atoms with Crippen molar-refractivity contribution < 1.29 is 54.1 Å². The van der Waals surface area contributed by atoms with Crippen LogP contribution in [0.25, 0.3) is 133 Å². The van der Waals surface area contributed by atoms with Gasteiger partial charge in [0.2, 0.25) is 5.95 Å². The summed E-state index contributed by atoms with van der Waals surface area (Å²) in [6.07, 6.45) is 0. The highest BCUT2D eigenvalue weighted by Crippen LogP contribution is 2.42. The second-order valence-corrected chi connectivity index (χ2v) is 22.5. The van der Waals surface area contributed by atoms with Gasteiger partial charge in [0, 0.05) is 59.8 Å². The Hall–Kier alpha value is -10.9. The van der Waals surface area contributed by atoms with Crippen LogP contribution in [0.3, 0.4) is 0 Å². The molecule has 5 aromatic heterocycles. The molecular weight excluding hydrogens is 1030 g/mol. The summed E-state index contributed by atoms with van der Waals surface area (Å²) < 4.78 is 330. The van der Waals surface area contributed by atoms with Crippen LogP contribution in [-0.4, -0.2) is 32.2 Å². The van der Waals surface area contributed by atoms with Crippen molar-refractivity contribution in [3.63, 3.8) is 0 Å². The number of hydrogen-bond acceptors (Lipinski definition) is 5. The van der Waals surface area contributed by atoms with Gasteiger partial charge in [-0.3, -0.25) is 4.57 Å². The van der Waals surface area contributed by atoms with Crippen LogP contribution in [0.5, 0.6) is 0 Å². The third kappa shape index (κ3) is 7.13. The third-order valence-electron chi connectivity index (χ3n) is 14.5. The first kappa shape index (κ1) is 24.8. The monoisotopic (exact) mass is 1110 g/mol. The van der Waals surface area contributed by atoms with E-state index in [0.29, 0.717) is 0 Å². The number of nitrogens with zero attached hydrogens (tertiary/aromatic N) is 5. The summed E-state index contributed by atoms with van der Waals surface area (Å²) in [6.45, 7) is 0. The van der Waals surface area contributed by atoms with Crippen molar-refractivity contribution in [2.45, 2.75) is 0 Å². The predicted molar refractivity (Wildman–Crippen MR) is 343 cm³/mol. The van der Waals surface area contributed by atoms with E-state index in [1.165, 1.54) is 54.6 Å². The largest absolute Gasteiger partial charge is 0.456 e. The molecule has 0 fully saturated rings. The molecule has 12 aromatic carbocycles. The van der Waals surface area contributed by atoms with Gasteiger partial charge in [-0.25, -0.2) is 4.98 Å². The number of rotatable bonds is 9. The molecule has 0 radical (unpaired) electrons. The van der Waals surface area contributed by atoms with Crippen molar-refractivity contribution >= 4 is 116 Å². The second kappa shape index (κ2) is 18.6. The fourth-order valence-electron chi connectivity index (χ4n) is 11.1. The number of para-hydroxylation sites is 7. The number of furan rings is 2. The third-order valence-corrected chi connectivity index (χ3v) is 18.9. The van der Waals surface area contributed by atoms with Gasteiger partial charge in [0.1, 0.15) is 22.3 Å². The van der Waals surface area contributed by atoms with E-state index in [1.807, 2.05) is 0 Å². The highest BCUT2D eigenvalue weighted by molar-refractivity contribution is 7.20. The van der Waals surface area contributed by atoms with E-state index in [4.69, 9.17) is 36.1 Å². The average molecular weight is 1110 g/mol. The molecular formula is C75H47N5O2Si. The Morgan fingerprint density at radius 1 is 0.337 bits per heavy atom. The number of hydrogen-bond donors (Lipinski definition) is 0. The Balaban J connectivity index is 1.09. The lowest BCUT2D eigenvalue weighted by atomic mass is 10.0. The minimum absolute atomic E-state index is 0.0169. The molecule has 0 bridgehead atoms. The quantitative estimate of drug-likeness (QED) is 0.106. The van der Waals surface area contributed by atoms with Crippen LogP contribution in [0, 0.1) is 0 Å². The van der Waals surface area contributed by atoms with E-state index < -0.39 is 318 Å². The van der Waals surface area contributed by atoms with Crippen molar-refractivity contribution in [2.24, 2.45) is 0 Å². The standard InChI is InChI=1S/C75H47N5O2Si/c1-3-24-50(25-4-1)83(51-26-5-2-6-27-51,52-28-19-22-48(46-52)54-36-21-37-58-57-32-11-17-42-67(57)82-72(54)58)53-29-20-23-49(47-53)73-76-74(60-34-10-16-41-65(60)79-62-38-13-7-30-55(62)56-31-8-14-39-63(56)79)78-75(77-73)80-64-40-15-9-33-59(64)70-66(80)44-45-69-71(70)61-35-12-18-43-68(61)81-69/h1-47H/i7D,8D,9D,10D,11D,13D,14D,15D,16D,17D,19D,20D,21D,22D,23D,28D,29D,30D,31D,32D,33D,34D,36D,37D,38D,39D,40D,41D,42D,44D,45D,46D,47D. The summed E-state index contributed by atoms with van der Waals surface area (Å²) in [5.74, 6) is -3.01. The summed E-state index contributed by atoms with van der Waals surface area (Å²) in [6, 6.07) is -8.98. The molecule has 0 aliphatic carbocycles. The van der Waals surface area contributed by atoms with Gasteiger partial charge < -0.3 is 13.4 Å². The van der Waals surface area contributed by atoms with Crippen molar-refractivity contribution in [3.05, 3.63) is 284 Å². The molecule has 8 heteroatoms. The van der Waals surface area contributed by atoms with Crippen LogP contribution in [0.1, 0.15) is 45.2 Å². The SMILES string of the molecule is [2H]c1c([2H])c([2H])c(-n2c3c([2H])c([2H])c([2H])c([2H])c3c3c([2H])c([2H])c([2H])c([2H])c32)c(-c2nc(-c3c([2H])c([2H])c([2H])c([Si](c4ccccc4)(c4ccccc4)c4c([2H])c([2H])c([2H])c(-c5c([2H])c([2H])c([2H])c6c5oc5c([2H])c([2H])c([2H])c([2H])c56)c4[2H])c3[2H])nc(-n3c4c([2H])c([2H])c([2H])c([2H])c4c4c5c(oc6ccccc65)c([2H])c([2H])c43)n2)c1[2H]. The van der Waals surface area contributed by atoms with Gasteiger partial charge in [0.05, 0.1) is 73.0 Å². The molecule has 388 valence electrons. The Bertz CT molecular complexity index is 7340. The van der Waals surface area contributed by atoms with E-state index >= 15 is 0 Å². The Labute approximate surface area is 523 Å². The van der Waals surface area contributed by atoms with E-state index in [0.717, 1.165) is 9.13 Å². The van der Waals surface area contributed by atoms with Crippen LogP contribution in [0.4, 0.5) is 0 Å². The van der Waals surface area contributed by atoms with Gasteiger partial charge in [0.15, 0.2) is 19.7 Å². The summed E-state index contributed by atoms with van der Waals surface area (Å²) >= 11 is 0. The second-order valence-electron chi connectivity index (χ2n) is 18.9. The molecule has 7 nitrogen and oxygen atoms in total. The summed E-state index contributed by atoms with van der Waals surface area (Å²) in [5, 5.41) is -3.50. The van der Waals surface area contributed by atoms with Crippen LogP contribution in [0.2, 0.25) is 0 Å². The molecule has 0 aliphatic heterocycles. The van der Waals surface area contributed by atoms with Crippen molar-refractivity contribution in [2.75, 3.05) is 0 Å². The molecule has 83 heavy (non-hydrogen) atoms. The first-order chi connectivity index (χ1) is 54.9. The van der Waals surface area contributed by atoms with E-state index in [2.05, 4.69) is 0 Å². The van der Waals surface area contributed by atoms with Crippen LogP contribution in [0.15, 0.2) is 293 Å². The molecule has 17 rings (SSSR count). The first-order valence-corrected chi connectivity index (χ1v) is 27.4.